The zero-order valence-corrected chi connectivity index (χ0v) is 16.2. The maximum Gasteiger partial charge on any atom is 0.253 e. The molecule has 2 aromatic rings. The second-order valence-corrected chi connectivity index (χ2v) is 7.67. The third-order valence-corrected chi connectivity index (χ3v) is 5.56. The Kier molecular flexibility index (Phi) is 5.91. The van der Waals surface area contributed by atoms with Crippen molar-refractivity contribution >= 4 is 22.6 Å². The van der Waals surface area contributed by atoms with Gasteiger partial charge in [0.05, 0.1) is 7.11 Å². The molecule has 1 unspecified atom stereocenters. The standard InChI is InChI=1S/C20H22N2O4S/c1-26-17-7-3-15(4-8-17)19(23)21-11-13-22(14-12-21)20(24)16-5-9-18(10-6-16)27(2)25/h3-10H,11-14H2,1-2H3. The number of hydrogen-bond donors (Lipinski definition) is 0. The summed E-state index contributed by atoms with van der Waals surface area (Å²) >= 11 is 0. The summed E-state index contributed by atoms with van der Waals surface area (Å²) in [4.78, 5) is 29.4. The summed E-state index contributed by atoms with van der Waals surface area (Å²) in [5, 5.41) is 0. The van der Waals surface area contributed by atoms with Crippen LogP contribution >= 0.6 is 0 Å². The van der Waals surface area contributed by atoms with Crippen molar-refractivity contribution in [3.05, 3.63) is 59.7 Å². The van der Waals surface area contributed by atoms with Gasteiger partial charge in [0.1, 0.15) is 5.75 Å². The van der Waals surface area contributed by atoms with Gasteiger partial charge in [-0.3, -0.25) is 13.8 Å². The largest absolute Gasteiger partial charge is 0.497 e. The normalized spacial score (nSPS) is 15.3. The Morgan fingerprint density at radius 3 is 1.59 bits per heavy atom. The van der Waals surface area contributed by atoms with Gasteiger partial charge in [0.15, 0.2) is 0 Å². The van der Waals surface area contributed by atoms with Crippen molar-refractivity contribution in [2.24, 2.45) is 0 Å². The van der Waals surface area contributed by atoms with Crippen LogP contribution in [0.25, 0.3) is 0 Å². The Bertz CT molecular complexity index is 841. The van der Waals surface area contributed by atoms with Gasteiger partial charge in [-0.1, -0.05) is 0 Å². The fourth-order valence-electron chi connectivity index (χ4n) is 3.00. The second-order valence-electron chi connectivity index (χ2n) is 6.29. The Labute approximate surface area is 161 Å². The number of hydrogen-bond acceptors (Lipinski definition) is 4. The topological polar surface area (TPSA) is 66.9 Å². The highest BCUT2D eigenvalue weighted by atomic mass is 32.2. The number of amides is 2. The fraction of sp³-hybridized carbons (Fsp3) is 0.300. The highest BCUT2D eigenvalue weighted by Crippen LogP contribution is 2.16. The van der Waals surface area contributed by atoms with Crippen molar-refractivity contribution in [1.29, 1.82) is 0 Å². The molecule has 1 atom stereocenters. The number of ether oxygens (including phenoxy) is 1. The molecule has 0 spiro atoms. The molecule has 2 amide bonds. The molecule has 0 N–H and O–H groups in total. The molecule has 1 saturated heterocycles. The molecule has 2 aromatic carbocycles. The summed E-state index contributed by atoms with van der Waals surface area (Å²) in [6.07, 6.45) is 1.61. The van der Waals surface area contributed by atoms with Crippen molar-refractivity contribution in [3.63, 3.8) is 0 Å². The molecule has 0 saturated carbocycles. The van der Waals surface area contributed by atoms with E-state index < -0.39 is 10.8 Å². The van der Waals surface area contributed by atoms with Gasteiger partial charge < -0.3 is 14.5 Å². The van der Waals surface area contributed by atoms with E-state index in [2.05, 4.69) is 0 Å². The predicted molar refractivity (Wildman–Crippen MR) is 104 cm³/mol. The zero-order valence-electron chi connectivity index (χ0n) is 15.4. The number of methoxy groups -OCH3 is 1. The first-order valence-electron chi connectivity index (χ1n) is 8.65. The molecule has 1 heterocycles. The summed E-state index contributed by atoms with van der Waals surface area (Å²) in [6, 6.07) is 13.9. The Morgan fingerprint density at radius 2 is 1.22 bits per heavy atom. The highest BCUT2D eigenvalue weighted by Gasteiger charge is 2.25. The first kappa shape index (κ1) is 19.1. The Balaban J connectivity index is 1.59. The van der Waals surface area contributed by atoms with Crippen molar-refractivity contribution < 1.29 is 18.5 Å². The van der Waals surface area contributed by atoms with Crippen LogP contribution < -0.4 is 4.74 Å². The van der Waals surface area contributed by atoms with Crippen molar-refractivity contribution in [3.8, 4) is 5.75 Å². The number of carbonyl (C=O) groups excluding carboxylic acids is 2. The van der Waals surface area contributed by atoms with Crippen molar-refractivity contribution in [1.82, 2.24) is 9.80 Å². The Hall–Kier alpha value is -2.67. The summed E-state index contributed by atoms with van der Waals surface area (Å²) < 4.78 is 16.6. The SMILES string of the molecule is COc1ccc(C(=O)N2CCN(C(=O)c3ccc(S(C)=O)cc3)CC2)cc1. The molecule has 7 heteroatoms. The minimum absolute atomic E-state index is 0.0421. The number of carbonyl (C=O) groups is 2. The van der Waals surface area contributed by atoms with Crippen LogP contribution in [0.3, 0.4) is 0 Å². The summed E-state index contributed by atoms with van der Waals surface area (Å²) in [5.74, 6) is 0.597. The Morgan fingerprint density at radius 1 is 0.815 bits per heavy atom. The first-order valence-corrected chi connectivity index (χ1v) is 10.2. The van der Waals surface area contributed by atoms with Crippen LogP contribution in [-0.4, -0.2) is 65.4 Å². The molecule has 27 heavy (non-hydrogen) atoms. The molecule has 0 aliphatic carbocycles. The molecule has 0 bridgehead atoms. The van der Waals surface area contributed by atoms with Gasteiger partial charge in [-0.2, -0.15) is 0 Å². The van der Waals surface area contributed by atoms with E-state index in [1.807, 2.05) is 0 Å². The molecule has 1 aliphatic heterocycles. The molecule has 1 fully saturated rings. The van der Waals surface area contributed by atoms with Crippen LogP contribution in [0.4, 0.5) is 0 Å². The van der Waals surface area contributed by atoms with Gasteiger partial charge in [0, 0.05) is 59.3 Å². The van der Waals surface area contributed by atoms with Crippen LogP contribution in [0.5, 0.6) is 5.75 Å². The average molecular weight is 386 g/mol. The number of nitrogens with zero attached hydrogens (tertiary/aromatic N) is 2. The van der Waals surface area contributed by atoms with Crippen LogP contribution in [0.2, 0.25) is 0 Å². The minimum Gasteiger partial charge on any atom is -0.497 e. The lowest BCUT2D eigenvalue weighted by molar-refractivity contribution is 0.0535. The van der Waals surface area contributed by atoms with Gasteiger partial charge in [0.2, 0.25) is 0 Å². The van der Waals surface area contributed by atoms with Crippen LogP contribution in [0, 0.1) is 0 Å². The van der Waals surface area contributed by atoms with Gasteiger partial charge in [-0.15, -0.1) is 0 Å². The van der Waals surface area contributed by atoms with E-state index in [1.165, 1.54) is 0 Å². The van der Waals surface area contributed by atoms with Crippen LogP contribution in [0.1, 0.15) is 20.7 Å². The summed E-state index contributed by atoms with van der Waals surface area (Å²) in [5.41, 5.74) is 1.18. The van der Waals surface area contributed by atoms with E-state index in [1.54, 1.807) is 71.7 Å². The number of benzene rings is 2. The zero-order chi connectivity index (χ0) is 19.4. The third-order valence-electron chi connectivity index (χ3n) is 4.62. The lowest BCUT2D eigenvalue weighted by Crippen LogP contribution is -2.50. The summed E-state index contributed by atoms with van der Waals surface area (Å²) in [6.45, 7) is 1.96. The first-order chi connectivity index (χ1) is 13.0. The maximum absolute atomic E-state index is 12.6. The molecule has 142 valence electrons. The van der Waals surface area contributed by atoms with E-state index >= 15 is 0 Å². The van der Waals surface area contributed by atoms with Gasteiger partial charge in [-0.25, -0.2) is 0 Å². The quantitative estimate of drug-likeness (QED) is 0.806. The molecule has 3 rings (SSSR count). The molecular formula is C20H22N2O4S. The van der Waals surface area contributed by atoms with Crippen LogP contribution in [0.15, 0.2) is 53.4 Å². The van der Waals surface area contributed by atoms with E-state index in [4.69, 9.17) is 4.74 Å². The van der Waals surface area contributed by atoms with Gasteiger partial charge in [0.25, 0.3) is 11.8 Å². The van der Waals surface area contributed by atoms with Crippen LogP contribution in [-0.2, 0) is 10.8 Å². The molecular weight excluding hydrogens is 364 g/mol. The lowest BCUT2D eigenvalue weighted by atomic mass is 10.1. The van der Waals surface area contributed by atoms with Crippen molar-refractivity contribution in [2.75, 3.05) is 39.5 Å². The lowest BCUT2D eigenvalue weighted by Gasteiger charge is -2.35. The maximum atomic E-state index is 12.6. The van der Waals surface area contributed by atoms with E-state index in [0.717, 1.165) is 0 Å². The molecule has 0 aromatic heterocycles. The summed E-state index contributed by atoms with van der Waals surface area (Å²) in [7, 11) is 0.523. The smallest absolute Gasteiger partial charge is 0.253 e. The molecule has 1 aliphatic rings. The fourth-order valence-corrected chi connectivity index (χ4v) is 3.52. The van der Waals surface area contributed by atoms with E-state index in [0.29, 0.717) is 48.0 Å². The monoisotopic (exact) mass is 386 g/mol. The van der Waals surface area contributed by atoms with E-state index in [-0.39, 0.29) is 11.8 Å². The molecule has 6 nitrogen and oxygen atoms in total. The number of piperazine rings is 1. The van der Waals surface area contributed by atoms with Gasteiger partial charge in [-0.05, 0) is 48.5 Å². The minimum atomic E-state index is -1.06. The number of rotatable bonds is 4. The predicted octanol–water partition coefficient (Wildman–Crippen LogP) is 2.03. The third kappa shape index (κ3) is 4.36. The molecule has 0 radical (unpaired) electrons. The average Bonchev–Trinajstić information content (AvgIpc) is 2.73. The van der Waals surface area contributed by atoms with Crippen molar-refractivity contribution in [2.45, 2.75) is 4.90 Å². The van der Waals surface area contributed by atoms with E-state index in [9.17, 15) is 13.8 Å². The highest BCUT2D eigenvalue weighted by molar-refractivity contribution is 7.84. The second kappa shape index (κ2) is 8.35. The van der Waals surface area contributed by atoms with Gasteiger partial charge >= 0.3 is 0 Å².